The molecule has 1 heterocycles. The lowest BCUT2D eigenvalue weighted by atomic mass is 10.1. The lowest BCUT2D eigenvalue weighted by molar-refractivity contribution is -0.122. The third-order valence-electron chi connectivity index (χ3n) is 3.53. The predicted octanol–water partition coefficient (Wildman–Crippen LogP) is 3.89. The first-order valence-corrected chi connectivity index (χ1v) is 8.05. The maximum Gasteiger partial charge on any atom is 0.290 e. The molecule has 1 fully saturated rings. The maximum atomic E-state index is 12.6. The normalized spacial score (nSPS) is 12.8. The number of benzene rings is 1. The Morgan fingerprint density at radius 3 is 2.58 bits per heavy atom. The molecule has 7 heteroatoms. The number of carbonyl (C=O) groups is 2. The number of amides is 1. The van der Waals surface area contributed by atoms with Gasteiger partial charge in [-0.3, -0.25) is 14.6 Å². The van der Waals surface area contributed by atoms with Crippen LogP contribution in [-0.4, -0.2) is 33.4 Å². The third-order valence-corrected chi connectivity index (χ3v) is 4.39. The summed E-state index contributed by atoms with van der Waals surface area (Å²) in [4.78, 5) is 26.9. The number of rotatable bonds is 4. The molecular weight excluding hydrogens is 351 g/mol. The minimum atomic E-state index is -0.250. The van der Waals surface area contributed by atoms with E-state index in [0.717, 1.165) is 18.4 Å². The van der Waals surface area contributed by atoms with Crippen molar-refractivity contribution in [1.82, 2.24) is 9.88 Å². The van der Waals surface area contributed by atoms with E-state index in [1.807, 2.05) is 17.0 Å². The molecule has 5 nitrogen and oxygen atoms in total. The van der Waals surface area contributed by atoms with Gasteiger partial charge in [0.2, 0.25) is 0 Å². The highest BCUT2D eigenvalue weighted by Crippen LogP contribution is 2.32. The molecule has 1 aromatic heterocycles. The average molecular weight is 367 g/mol. The number of carboxylic acid groups (broad SMARTS) is 1. The van der Waals surface area contributed by atoms with Crippen molar-refractivity contribution in [2.45, 2.75) is 25.4 Å². The van der Waals surface area contributed by atoms with E-state index in [4.69, 9.17) is 33.1 Å². The molecule has 0 aliphatic heterocycles. The van der Waals surface area contributed by atoms with Gasteiger partial charge < -0.3 is 10.0 Å². The minimum absolute atomic E-state index is 0.0124. The molecule has 1 amide bonds. The lowest BCUT2D eigenvalue weighted by Crippen LogP contribution is -2.32. The molecule has 1 N–H and O–H groups in total. The molecule has 24 heavy (non-hydrogen) atoms. The second-order valence-electron chi connectivity index (χ2n) is 5.22. The molecule has 0 spiro atoms. The van der Waals surface area contributed by atoms with Gasteiger partial charge in [-0.2, -0.15) is 0 Å². The molecule has 126 valence electrons. The summed E-state index contributed by atoms with van der Waals surface area (Å²) in [6, 6.07) is 9.34. The molecule has 0 saturated heterocycles. The van der Waals surface area contributed by atoms with Crippen LogP contribution in [0.3, 0.4) is 0 Å². The average Bonchev–Trinajstić information content (AvgIpc) is 3.42. The second-order valence-corrected chi connectivity index (χ2v) is 6.01. The van der Waals surface area contributed by atoms with E-state index in [1.54, 1.807) is 30.6 Å². The first-order chi connectivity index (χ1) is 11.6. The largest absolute Gasteiger partial charge is 0.483 e. The number of nitrogens with zero attached hydrogens (tertiary/aromatic N) is 2. The summed E-state index contributed by atoms with van der Waals surface area (Å²) in [6.45, 7) is 0.220. The molecule has 3 rings (SSSR count). The SMILES string of the molecule is O=C(c1cccnc1)N(Cc1cccc(Cl)c1Cl)C1CC1.O=CO. The molecule has 1 aliphatic carbocycles. The minimum Gasteiger partial charge on any atom is -0.483 e. The van der Waals surface area contributed by atoms with Gasteiger partial charge in [0.25, 0.3) is 12.4 Å². The second kappa shape index (κ2) is 8.66. The van der Waals surface area contributed by atoms with Gasteiger partial charge in [-0.1, -0.05) is 35.3 Å². The van der Waals surface area contributed by atoms with Crippen LogP contribution in [0.5, 0.6) is 0 Å². The molecule has 1 aromatic carbocycles. The van der Waals surface area contributed by atoms with Crippen LogP contribution in [0.1, 0.15) is 28.8 Å². The van der Waals surface area contributed by atoms with E-state index < -0.39 is 0 Å². The number of hydrogen-bond donors (Lipinski definition) is 1. The quantitative estimate of drug-likeness (QED) is 0.833. The summed E-state index contributed by atoms with van der Waals surface area (Å²) >= 11 is 12.3. The molecule has 2 aromatic rings. The Kier molecular flexibility index (Phi) is 6.58. The van der Waals surface area contributed by atoms with Gasteiger partial charge >= 0.3 is 0 Å². The van der Waals surface area contributed by atoms with Gasteiger partial charge in [0.05, 0.1) is 15.6 Å². The molecular formula is C17H16Cl2N2O3. The summed E-state index contributed by atoms with van der Waals surface area (Å²) in [7, 11) is 0. The Balaban J connectivity index is 0.000000647. The zero-order valence-corrected chi connectivity index (χ0v) is 14.2. The summed E-state index contributed by atoms with van der Waals surface area (Å²) in [5.41, 5.74) is 1.47. The maximum absolute atomic E-state index is 12.6. The van der Waals surface area contributed by atoms with Crippen molar-refractivity contribution in [1.29, 1.82) is 0 Å². The Bertz CT molecular complexity index is 706. The smallest absolute Gasteiger partial charge is 0.290 e. The Labute approximate surface area is 149 Å². The van der Waals surface area contributed by atoms with E-state index in [0.29, 0.717) is 22.2 Å². The molecule has 0 radical (unpaired) electrons. The van der Waals surface area contributed by atoms with Crippen molar-refractivity contribution in [2.24, 2.45) is 0 Å². The standard InChI is InChI=1S/C16H14Cl2N2O.CH2O2/c17-14-5-1-3-12(15(14)18)10-20(13-6-7-13)16(21)11-4-2-8-19-9-11;2-1-3/h1-5,8-9,13H,6-7,10H2;1H,(H,2,3). The van der Waals surface area contributed by atoms with Crippen LogP contribution in [0, 0.1) is 0 Å². The fourth-order valence-electron chi connectivity index (χ4n) is 2.26. The van der Waals surface area contributed by atoms with E-state index in [1.165, 1.54) is 0 Å². The fraction of sp³-hybridized carbons (Fsp3) is 0.235. The first kappa shape index (κ1) is 18.2. The van der Waals surface area contributed by atoms with Crippen molar-refractivity contribution < 1.29 is 14.7 Å². The van der Waals surface area contributed by atoms with Crippen LogP contribution < -0.4 is 0 Å². The highest BCUT2D eigenvalue weighted by molar-refractivity contribution is 6.42. The summed E-state index contributed by atoms with van der Waals surface area (Å²) in [5.74, 6) is -0.0124. The Morgan fingerprint density at radius 2 is 2.00 bits per heavy atom. The summed E-state index contributed by atoms with van der Waals surface area (Å²) in [5, 5.41) is 7.92. The van der Waals surface area contributed by atoms with Crippen molar-refractivity contribution in [3.63, 3.8) is 0 Å². The Hall–Kier alpha value is -2.11. The van der Waals surface area contributed by atoms with Crippen LogP contribution >= 0.6 is 23.2 Å². The van der Waals surface area contributed by atoms with Crippen LogP contribution in [-0.2, 0) is 11.3 Å². The van der Waals surface area contributed by atoms with Gasteiger partial charge in [0.15, 0.2) is 0 Å². The number of pyridine rings is 1. The fourth-order valence-corrected chi connectivity index (χ4v) is 2.64. The first-order valence-electron chi connectivity index (χ1n) is 7.30. The van der Waals surface area contributed by atoms with Gasteiger partial charge in [-0.05, 0) is 36.6 Å². The molecule has 0 unspecified atom stereocenters. The van der Waals surface area contributed by atoms with Crippen LogP contribution in [0.4, 0.5) is 0 Å². The van der Waals surface area contributed by atoms with E-state index in [-0.39, 0.29) is 18.4 Å². The predicted molar refractivity (Wildman–Crippen MR) is 92.3 cm³/mol. The molecule has 1 saturated carbocycles. The number of carbonyl (C=O) groups excluding carboxylic acids is 1. The van der Waals surface area contributed by atoms with E-state index in [9.17, 15) is 4.79 Å². The Morgan fingerprint density at radius 1 is 1.29 bits per heavy atom. The van der Waals surface area contributed by atoms with E-state index in [2.05, 4.69) is 4.98 Å². The van der Waals surface area contributed by atoms with Crippen molar-refractivity contribution >= 4 is 35.6 Å². The van der Waals surface area contributed by atoms with Crippen molar-refractivity contribution in [3.05, 3.63) is 63.9 Å². The van der Waals surface area contributed by atoms with Gasteiger partial charge in [-0.25, -0.2) is 0 Å². The molecule has 0 atom stereocenters. The third kappa shape index (κ3) is 4.69. The van der Waals surface area contributed by atoms with Crippen LogP contribution in [0.2, 0.25) is 10.0 Å². The van der Waals surface area contributed by atoms with Gasteiger partial charge in [0, 0.05) is 25.0 Å². The monoisotopic (exact) mass is 366 g/mol. The van der Waals surface area contributed by atoms with Crippen LogP contribution in [0.15, 0.2) is 42.7 Å². The zero-order chi connectivity index (χ0) is 17.5. The highest BCUT2D eigenvalue weighted by atomic mass is 35.5. The van der Waals surface area contributed by atoms with Gasteiger partial charge in [0.1, 0.15) is 0 Å². The van der Waals surface area contributed by atoms with Crippen molar-refractivity contribution in [2.75, 3.05) is 0 Å². The topological polar surface area (TPSA) is 70.5 Å². The highest BCUT2D eigenvalue weighted by Gasteiger charge is 2.33. The molecule has 0 bridgehead atoms. The lowest BCUT2D eigenvalue weighted by Gasteiger charge is -2.23. The number of aromatic nitrogens is 1. The summed E-state index contributed by atoms with van der Waals surface area (Å²) < 4.78 is 0. The van der Waals surface area contributed by atoms with Crippen molar-refractivity contribution in [3.8, 4) is 0 Å². The van der Waals surface area contributed by atoms with Crippen LogP contribution in [0.25, 0.3) is 0 Å². The number of hydrogen-bond acceptors (Lipinski definition) is 3. The number of halogens is 2. The summed E-state index contributed by atoms with van der Waals surface area (Å²) in [6.07, 6.45) is 5.32. The zero-order valence-electron chi connectivity index (χ0n) is 12.7. The van der Waals surface area contributed by atoms with E-state index >= 15 is 0 Å². The van der Waals surface area contributed by atoms with Gasteiger partial charge in [-0.15, -0.1) is 0 Å². The molecule has 1 aliphatic rings.